The van der Waals surface area contributed by atoms with Crippen LogP contribution in [0.1, 0.15) is 54.2 Å². The summed E-state index contributed by atoms with van der Waals surface area (Å²) in [6.07, 6.45) is 3.56. The van der Waals surface area contributed by atoms with E-state index < -0.39 is 29.1 Å². The molecule has 1 aromatic carbocycles. The van der Waals surface area contributed by atoms with E-state index in [9.17, 15) is 18.8 Å². The number of nitrogens with two attached hydrogens (primary N) is 1. The van der Waals surface area contributed by atoms with E-state index in [0.717, 1.165) is 25.9 Å². The van der Waals surface area contributed by atoms with Gasteiger partial charge in [-0.15, -0.1) is 0 Å². The highest BCUT2D eigenvalue weighted by Gasteiger charge is 2.45. The summed E-state index contributed by atoms with van der Waals surface area (Å²) >= 11 is 0. The lowest BCUT2D eigenvalue weighted by Gasteiger charge is -2.37. The molecule has 5 rings (SSSR count). The van der Waals surface area contributed by atoms with Gasteiger partial charge in [0, 0.05) is 41.9 Å². The highest BCUT2D eigenvalue weighted by molar-refractivity contribution is 5.97. The van der Waals surface area contributed by atoms with Gasteiger partial charge in [0.1, 0.15) is 5.69 Å². The number of pyridine rings is 2. The van der Waals surface area contributed by atoms with Crippen LogP contribution in [0.2, 0.25) is 0 Å². The monoisotopic (exact) mass is 503 g/mol. The molecule has 0 spiro atoms. The molecule has 2 aliphatic rings. The van der Waals surface area contributed by atoms with Crippen molar-refractivity contribution in [3.63, 3.8) is 0 Å². The fourth-order valence-electron chi connectivity index (χ4n) is 4.97. The van der Waals surface area contributed by atoms with E-state index in [0.29, 0.717) is 28.1 Å². The third kappa shape index (κ3) is 4.39. The third-order valence-corrected chi connectivity index (χ3v) is 6.92. The van der Waals surface area contributed by atoms with Crippen molar-refractivity contribution in [2.24, 2.45) is 11.1 Å². The molecule has 2 aromatic heterocycles. The Hall–Kier alpha value is -4.34. The summed E-state index contributed by atoms with van der Waals surface area (Å²) in [5.74, 6) is -1.89. The van der Waals surface area contributed by atoms with E-state index in [1.807, 2.05) is 0 Å². The normalized spacial score (nSPS) is 16.4. The lowest BCUT2D eigenvalue weighted by atomic mass is 9.69. The molecule has 0 radical (unpaired) electrons. The van der Waals surface area contributed by atoms with E-state index in [4.69, 9.17) is 10.5 Å². The molecule has 3 aromatic rings. The van der Waals surface area contributed by atoms with E-state index in [1.54, 1.807) is 55.3 Å². The predicted octanol–water partition coefficient (Wildman–Crippen LogP) is 3.98. The SMILES string of the molecule is CC(C)(C(=O)NC(N)=O)[C@@H]1c2ccc(-c3ccc(C(=O)N4CCCC4)nc3)nc2Oc2c(F)cccc21. The van der Waals surface area contributed by atoms with Crippen LogP contribution in [0.15, 0.2) is 48.7 Å². The Morgan fingerprint density at radius 2 is 1.84 bits per heavy atom. The van der Waals surface area contributed by atoms with Crippen LogP contribution in [0.3, 0.4) is 0 Å². The van der Waals surface area contributed by atoms with Gasteiger partial charge in [-0.1, -0.05) is 32.0 Å². The van der Waals surface area contributed by atoms with Crippen molar-refractivity contribution in [3.8, 4) is 22.9 Å². The largest absolute Gasteiger partial charge is 0.435 e. The molecule has 0 aliphatic carbocycles. The second-order valence-electron chi connectivity index (χ2n) is 9.76. The molecule has 0 bridgehead atoms. The van der Waals surface area contributed by atoms with Gasteiger partial charge in [0.2, 0.25) is 11.8 Å². The van der Waals surface area contributed by atoms with Crippen LogP contribution >= 0.6 is 0 Å². The fraction of sp³-hybridized carbons (Fsp3) is 0.296. The predicted molar refractivity (Wildman–Crippen MR) is 132 cm³/mol. The summed E-state index contributed by atoms with van der Waals surface area (Å²) in [7, 11) is 0. The zero-order chi connectivity index (χ0) is 26.3. The Balaban J connectivity index is 1.52. The number of aromatic nitrogens is 2. The maximum atomic E-state index is 14.8. The van der Waals surface area contributed by atoms with Crippen molar-refractivity contribution in [1.82, 2.24) is 20.2 Å². The lowest BCUT2D eigenvalue weighted by molar-refractivity contribution is -0.128. The second kappa shape index (κ2) is 9.27. The molecule has 37 heavy (non-hydrogen) atoms. The number of para-hydroxylation sites is 1. The van der Waals surface area contributed by atoms with Crippen molar-refractivity contribution in [1.29, 1.82) is 0 Å². The number of hydrogen-bond donors (Lipinski definition) is 2. The van der Waals surface area contributed by atoms with E-state index in [-0.39, 0.29) is 17.5 Å². The Morgan fingerprint density at radius 1 is 1.08 bits per heavy atom. The van der Waals surface area contributed by atoms with Crippen molar-refractivity contribution in [2.45, 2.75) is 32.6 Å². The minimum Gasteiger partial charge on any atom is -0.435 e. The van der Waals surface area contributed by atoms with Crippen molar-refractivity contribution in [2.75, 3.05) is 13.1 Å². The van der Waals surface area contributed by atoms with Crippen molar-refractivity contribution < 1.29 is 23.5 Å². The first-order valence-electron chi connectivity index (χ1n) is 12.0. The van der Waals surface area contributed by atoms with Crippen molar-refractivity contribution in [3.05, 3.63) is 71.3 Å². The van der Waals surface area contributed by atoms with Gasteiger partial charge in [-0.3, -0.25) is 19.9 Å². The van der Waals surface area contributed by atoms with Crippen LogP contribution in [0.25, 0.3) is 11.3 Å². The van der Waals surface area contributed by atoms with Crippen LogP contribution in [0.4, 0.5) is 9.18 Å². The van der Waals surface area contributed by atoms with E-state index >= 15 is 0 Å². The summed E-state index contributed by atoms with van der Waals surface area (Å²) in [5.41, 5.74) is 6.49. The Bertz CT molecular complexity index is 1400. The number of carbonyl (C=O) groups is 3. The second-order valence-corrected chi connectivity index (χ2v) is 9.76. The molecule has 1 atom stereocenters. The third-order valence-electron chi connectivity index (χ3n) is 6.92. The maximum absolute atomic E-state index is 14.8. The number of likely N-dealkylation sites (tertiary alicyclic amines) is 1. The first kappa shape index (κ1) is 24.4. The average molecular weight is 504 g/mol. The van der Waals surface area contributed by atoms with Crippen LogP contribution in [0, 0.1) is 11.2 Å². The van der Waals surface area contributed by atoms with Gasteiger partial charge >= 0.3 is 6.03 Å². The number of hydrogen-bond acceptors (Lipinski definition) is 6. The average Bonchev–Trinajstić information content (AvgIpc) is 3.42. The lowest BCUT2D eigenvalue weighted by Crippen LogP contribution is -2.46. The molecule has 4 heterocycles. The molecule has 10 heteroatoms. The van der Waals surface area contributed by atoms with Crippen LogP contribution in [-0.4, -0.2) is 45.8 Å². The quantitative estimate of drug-likeness (QED) is 0.554. The Labute approximate surface area is 212 Å². The number of amides is 4. The van der Waals surface area contributed by atoms with Crippen LogP contribution < -0.4 is 15.8 Å². The number of nitrogens with zero attached hydrogens (tertiary/aromatic N) is 3. The molecule has 0 unspecified atom stereocenters. The Kier molecular flexibility index (Phi) is 6.10. The van der Waals surface area contributed by atoms with Gasteiger partial charge in [0.25, 0.3) is 5.91 Å². The Morgan fingerprint density at radius 3 is 2.51 bits per heavy atom. The van der Waals surface area contributed by atoms with Gasteiger partial charge in [0.15, 0.2) is 11.6 Å². The molecule has 0 saturated carbocycles. The summed E-state index contributed by atoms with van der Waals surface area (Å²) in [6, 6.07) is 10.4. The minimum atomic E-state index is -1.21. The van der Waals surface area contributed by atoms with Gasteiger partial charge in [-0.25, -0.2) is 14.2 Å². The molecule has 2 aliphatic heterocycles. The van der Waals surface area contributed by atoms with E-state index in [2.05, 4.69) is 15.3 Å². The number of urea groups is 1. The number of halogens is 1. The number of primary amides is 1. The van der Waals surface area contributed by atoms with Gasteiger partial charge in [-0.05, 0) is 37.1 Å². The molecular formula is C27H26FN5O4. The summed E-state index contributed by atoms with van der Waals surface area (Å²) < 4.78 is 20.7. The zero-order valence-corrected chi connectivity index (χ0v) is 20.5. The molecule has 3 N–H and O–H groups in total. The molecule has 1 fully saturated rings. The van der Waals surface area contributed by atoms with Gasteiger partial charge < -0.3 is 15.4 Å². The molecule has 9 nitrogen and oxygen atoms in total. The fourth-order valence-corrected chi connectivity index (χ4v) is 4.97. The first-order valence-corrected chi connectivity index (χ1v) is 12.0. The first-order chi connectivity index (χ1) is 17.7. The number of carbonyl (C=O) groups excluding carboxylic acids is 3. The van der Waals surface area contributed by atoms with E-state index in [1.165, 1.54) is 12.1 Å². The molecular weight excluding hydrogens is 477 g/mol. The number of imide groups is 1. The van der Waals surface area contributed by atoms with Gasteiger partial charge in [0.05, 0.1) is 11.1 Å². The number of ether oxygens (including phenoxy) is 1. The highest BCUT2D eigenvalue weighted by Crippen LogP contribution is 2.52. The molecule has 190 valence electrons. The number of rotatable bonds is 4. The smallest absolute Gasteiger partial charge is 0.318 e. The van der Waals surface area contributed by atoms with Gasteiger partial charge in [-0.2, -0.15) is 0 Å². The molecule has 1 saturated heterocycles. The summed E-state index contributed by atoms with van der Waals surface area (Å²) in [4.78, 5) is 47.7. The number of nitrogens with one attached hydrogen (secondary N) is 1. The number of fused-ring (bicyclic) bond motifs is 2. The van der Waals surface area contributed by atoms with Crippen LogP contribution in [-0.2, 0) is 4.79 Å². The maximum Gasteiger partial charge on any atom is 0.318 e. The topological polar surface area (TPSA) is 128 Å². The number of benzene rings is 1. The molecule has 4 amide bonds. The summed E-state index contributed by atoms with van der Waals surface area (Å²) in [5, 5.41) is 2.13. The minimum absolute atomic E-state index is 0.0331. The zero-order valence-electron chi connectivity index (χ0n) is 20.5. The van der Waals surface area contributed by atoms with Crippen LogP contribution in [0.5, 0.6) is 11.6 Å². The standard InChI is InChI=1S/C27H26FN5O4/c1-27(2,25(35)32-26(29)36)21-16-6-5-7-18(28)22(16)37-23-17(21)9-11-19(31-23)15-8-10-20(30-14-15)24(34)33-12-3-4-13-33/h5-11,14,21H,3-4,12-13H2,1-2H3,(H3,29,32,35,36)/t21-/m0/s1. The van der Waals surface area contributed by atoms with Crippen molar-refractivity contribution >= 4 is 17.8 Å². The summed E-state index contributed by atoms with van der Waals surface area (Å²) in [6.45, 7) is 4.76. The highest BCUT2D eigenvalue weighted by atomic mass is 19.1.